The van der Waals surface area contributed by atoms with Gasteiger partial charge in [0, 0.05) is 32.0 Å². The fourth-order valence-corrected chi connectivity index (χ4v) is 1.28. The quantitative estimate of drug-likeness (QED) is 0.572. The molecular formula is C11H21N5. The van der Waals surface area contributed by atoms with Gasteiger partial charge in [-0.05, 0) is 12.8 Å². The highest BCUT2D eigenvalue weighted by atomic mass is 15.1. The Morgan fingerprint density at radius 2 is 2.38 bits per heavy atom. The zero-order valence-corrected chi connectivity index (χ0v) is 10.3. The third-order valence-electron chi connectivity index (χ3n) is 2.21. The molecule has 1 heterocycles. The van der Waals surface area contributed by atoms with Gasteiger partial charge in [0.15, 0.2) is 5.96 Å². The lowest BCUT2D eigenvalue weighted by molar-refractivity contribution is 0.640. The van der Waals surface area contributed by atoms with E-state index in [0.717, 1.165) is 25.5 Å². The average molecular weight is 223 g/mol. The fourth-order valence-electron chi connectivity index (χ4n) is 1.28. The zero-order chi connectivity index (χ0) is 12.0. The number of imidazole rings is 1. The number of rotatable bonds is 5. The monoisotopic (exact) mass is 223 g/mol. The first-order chi connectivity index (χ1) is 7.59. The Morgan fingerprint density at radius 3 is 2.94 bits per heavy atom. The molecule has 0 saturated heterocycles. The second kappa shape index (κ2) is 6.15. The topological polar surface area (TPSA) is 68.2 Å². The predicted octanol–water partition coefficient (Wildman–Crippen LogP) is 0.752. The third kappa shape index (κ3) is 4.33. The molecule has 1 rings (SSSR count). The summed E-state index contributed by atoms with van der Waals surface area (Å²) >= 11 is 0. The molecule has 0 saturated carbocycles. The Labute approximate surface area is 96.8 Å². The summed E-state index contributed by atoms with van der Waals surface area (Å²) < 4.78 is 2.07. The molecule has 5 heteroatoms. The van der Waals surface area contributed by atoms with E-state index in [2.05, 4.69) is 33.7 Å². The molecule has 0 amide bonds. The van der Waals surface area contributed by atoms with Crippen molar-refractivity contribution in [2.24, 2.45) is 16.6 Å². The zero-order valence-electron chi connectivity index (χ0n) is 10.3. The van der Waals surface area contributed by atoms with Gasteiger partial charge in [-0.3, -0.25) is 4.99 Å². The second-order valence-electron chi connectivity index (χ2n) is 4.21. The molecule has 1 aromatic rings. The van der Waals surface area contributed by atoms with Crippen LogP contribution in [0.5, 0.6) is 0 Å². The number of aliphatic imine (C=N–C) groups is 1. The molecule has 0 fully saturated rings. The Bertz CT molecular complexity index is 340. The number of aromatic nitrogens is 2. The van der Waals surface area contributed by atoms with Gasteiger partial charge in [-0.15, -0.1) is 0 Å². The lowest BCUT2D eigenvalue weighted by Crippen LogP contribution is -2.34. The Hall–Kier alpha value is -1.52. The van der Waals surface area contributed by atoms with Crippen LogP contribution in [0, 0.1) is 12.8 Å². The highest BCUT2D eigenvalue weighted by Gasteiger charge is 1.97. The summed E-state index contributed by atoms with van der Waals surface area (Å²) in [6.45, 7) is 8.60. The first kappa shape index (κ1) is 12.5. The third-order valence-corrected chi connectivity index (χ3v) is 2.21. The first-order valence-corrected chi connectivity index (χ1v) is 5.61. The standard InChI is InChI=1S/C11H21N5/c1-9(2)8-15-11(12)14-5-7-16-6-4-13-10(16)3/h4,6,9H,5,7-8H2,1-3H3,(H3,12,14,15). The van der Waals surface area contributed by atoms with E-state index in [0.29, 0.717) is 11.9 Å². The van der Waals surface area contributed by atoms with E-state index in [9.17, 15) is 0 Å². The van der Waals surface area contributed by atoms with Crippen molar-refractivity contribution in [3.05, 3.63) is 18.2 Å². The summed E-state index contributed by atoms with van der Waals surface area (Å²) in [5.41, 5.74) is 5.71. The molecule has 0 radical (unpaired) electrons. The largest absolute Gasteiger partial charge is 0.370 e. The molecule has 5 nitrogen and oxygen atoms in total. The Morgan fingerprint density at radius 1 is 1.62 bits per heavy atom. The van der Waals surface area contributed by atoms with E-state index >= 15 is 0 Å². The maximum absolute atomic E-state index is 5.71. The van der Waals surface area contributed by atoms with Crippen molar-refractivity contribution < 1.29 is 0 Å². The SMILES string of the molecule is Cc1nccn1CCNC(N)=NCC(C)C. The molecular weight excluding hydrogens is 202 g/mol. The number of nitrogens with two attached hydrogens (primary N) is 1. The van der Waals surface area contributed by atoms with Gasteiger partial charge in [0.05, 0.1) is 0 Å². The lowest BCUT2D eigenvalue weighted by atomic mass is 10.2. The maximum atomic E-state index is 5.71. The highest BCUT2D eigenvalue weighted by molar-refractivity contribution is 5.77. The van der Waals surface area contributed by atoms with E-state index in [1.165, 1.54) is 0 Å². The van der Waals surface area contributed by atoms with Gasteiger partial charge in [-0.25, -0.2) is 4.98 Å². The van der Waals surface area contributed by atoms with Gasteiger partial charge < -0.3 is 15.6 Å². The second-order valence-corrected chi connectivity index (χ2v) is 4.21. The summed E-state index contributed by atoms with van der Waals surface area (Å²) in [6, 6.07) is 0. The Balaban J connectivity index is 2.25. The van der Waals surface area contributed by atoms with Crippen LogP contribution in [0.3, 0.4) is 0 Å². The van der Waals surface area contributed by atoms with Gasteiger partial charge in [-0.2, -0.15) is 0 Å². The molecule has 0 atom stereocenters. The molecule has 0 unspecified atom stereocenters. The van der Waals surface area contributed by atoms with E-state index in [1.54, 1.807) is 6.20 Å². The van der Waals surface area contributed by atoms with Gasteiger partial charge in [0.1, 0.15) is 5.82 Å². The molecule has 3 N–H and O–H groups in total. The van der Waals surface area contributed by atoms with Crippen molar-refractivity contribution in [2.75, 3.05) is 13.1 Å². The normalized spacial score (nSPS) is 12.1. The van der Waals surface area contributed by atoms with Crippen molar-refractivity contribution in [2.45, 2.75) is 27.3 Å². The van der Waals surface area contributed by atoms with E-state index in [-0.39, 0.29) is 0 Å². The van der Waals surface area contributed by atoms with Crippen LogP contribution in [0.2, 0.25) is 0 Å². The molecule has 0 aliphatic carbocycles. The molecule has 16 heavy (non-hydrogen) atoms. The van der Waals surface area contributed by atoms with Gasteiger partial charge in [0.25, 0.3) is 0 Å². The van der Waals surface area contributed by atoms with Crippen molar-refractivity contribution >= 4 is 5.96 Å². The molecule has 1 aromatic heterocycles. The van der Waals surface area contributed by atoms with Crippen molar-refractivity contribution in [3.63, 3.8) is 0 Å². The van der Waals surface area contributed by atoms with Crippen LogP contribution in [-0.4, -0.2) is 28.6 Å². The summed E-state index contributed by atoms with van der Waals surface area (Å²) in [6.07, 6.45) is 3.75. The predicted molar refractivity (Wildman–Crippen MR) is 66.3 cm³/mol. The molecule has 90 valence electrons. The smallest absolute Gasteiger partial charge is 0.188 e. The van der Waals surface area contributed by atoms with E-state index in [4.69, 9.17) is 5.73 Å². The number of guanidine groups is 1. The van der Waals surface area contributed by atoms with Crippen molar-refractivity contribution in [1.82, 2.24) is 14.9 Å². The molecule has 0 spiro atoms. The van der Waals surface area contributed by atoms with Gasteiger partial charge >= 0.3 is 0 Å². The van der Waals surface area contributed by atoms with Crippen LogP contribution in [0.1, 0.15) is 19.7 Å². The maximum Gasteiger partial charge on any atom is 0.188 e. The minimum absolute atomic E-state index is 0.520. The van der Waals surface area contributed by atoms with Crippen LogP contribution in [0.25, 0.3) is 0 Å². The number of hydrogen-bond donors (Lipinski definition) is 2. The summed E-state index contributed by atoms with van der Waals surface area (Å²) in [5, 5.41) is 3.08. The molecule has 0 aliphatic rings. The number of nitrogens with zero attached hydrogens (tertiary/aromatic N) is 3. The first-order valence-electron chi connectivity index (χ1n) is 5.61. The number of hydrogen-bond acceptors (Lipinski definition) is 2. The summed E-state index contributed by atoms with van der Waals surface area (Å²) in [7, 11) is 0. The minimum Gasteiger partial charge on any atom is -0.370 e. The number of aryl methyl sites for hydroxylation is 1. The highest BCUT2D eigenvalue weighted by Crippen LogP contribution is 1.93. The van der Waals surface area contributed by atoms with Crippen molar-refractivity contribution in [1.29, 1.82) is 0 Å². The van der Waals surface area contributed by atoms with Crippen molar-refractivity contribution in [3.8, 4) is 0 Å². The van der Waals surface area contributed by atoms with E-state index in [1.807, 2.05) is 13.1 Å². The summed E-state index contributed by atoms with van der Waals surface area (Å²) in [5.74, 6) is 2.07. The molecule has 0 aromatic carbocycles. The van der Waals surface area contributed by atoms with Crippen LogP contribution in [-0.2, 0) is 6.54 Å². The van der Waals surface area contributed by atoms with Crippen LogP contribution >= 0.6 is 0 Å². The fraction of sp³-hybridized carbons (Fsp3) is 0.636. The molecule has 0 aliphatic heterocycles. The minimum atomic E-state index is 0.520. The number of nitrogens with one attached hydrogen (secondary N) is 1. The summed E-state index contributed by atoms with van der Waals surface area (Å²) in [4.78, 5) is 8.37. The average Bonchev–Trinajstić information content (AvgIpc) is 2.61. The lowest BCUT2D eigenvalue weighted by Gasteiger charge is -2.08. The van der Waals surface area contributed by atoms with Crippen LogP contribution < -0.4 is 11.1 Å². The van der Waals surface area contributed by atoms with E-state index < -0.39 is 0 Å². The van der Waals surface area contributed by atoms with Gasteiger partial charge in [0.2, 0.25) is 0 Å². The van der Waals surface area contributed by atoms with Crippen LogP contribution in [0.15, 0.2) is 17.4 Å². The van der Waals surface area contributed by atoms with Crippen LogP contribution in [0.4, 0.5) is 0 Å². The molecule has 0 bridgehead atoms. The Kier molecular flexibility index (Phi) is 4.82. The van der Waals surface area contributed by atoms with Gasteiger partial charge in [-0.1, -0.05) is 13.8 Å².